The molecule has 1 saturated heterocycles. The van der Waals surface area contributed by atoms with Crippen LogP contribution in [0.4, 0.5) is 5.69 Å². The van der Waals surface area contributed by atoms with E-state index < -0.39 is 0 Å². The van der Waals surface area contributed by atoms with Gasteiger partial charge in [-0.15, -0.1) is 24.8 Å². The van der Waals surface area contributed by atoms with Crippen molar-refractivity contribution in [2.45, 2.75) is 32.4 Å². The highest BCUT2D eigenvalue weighted by molar-refractivity contribution is 5.85. The van der Waals surface area contributed by atoms with Gasteiger partial charge >= 0.3 is 0 Å². The first-order valence-electron chi connectivity index (χ1n) is 9.47. The van der Waals surface area contributed by atoms with Crippen molar-refractivity contribution in [1.29, 1.82) is 0 Å². The van der Waals surface area contributed by atoms with Crippen molar-refractivity contribution in [3.63, 3.8) is 0 Å². The van der Waals surface area contributed by atoms with E-state index in [9.17, 15) is 4.79 Å². The molecule has 0 saturated carbocycles. The lowest BCUT2D eigenvalue weighted by molar-refractivity contribution is -0.131. The van der Waals surface area contributed by atoms with Crippen molar-refractivity contribution in [2.75, 3.05) is 31.1 Å². The van der Waals surface area contributed by atoms with Gasteiger partial charge in [0.25, 0.3) is 0 Å². The summed E-state index contributed by atoms with van der Waals surface area (Å²) in [6, 6.07) is 14.5. The van der Waals surface area contributed by atoms with Crippen LogP contribution in [0.2, 0.25) is 0 Å². The van der Waals surface area contributed by atoms with Gasteiger partial charge in [-0.25, -0.2) is 0 Å². The number of aromatic nitrogens is 1. The molecule has 0 bridgehead atoms. The van der Waals surface area contributed by atoms with E-state index in [0.717, 1.165) is 43.7 Å². The number of carbonyl (C=O) groups is 1. The average Bonchev–Trinajstić information content (AvgIpc) is 3.21. The minimum Gasteiger partial charge on any atom is -0.358 e. The normalized spacial score (nSPS) is 15.2. The van der Waals surface area contributed by atoms with Gasteiger partial charge in [0.1, 0.15) is 0 Å². The highest BCUT2D eigenvalue weighted by atomic mass is 35.5. The minimum atomic E-state index is 0. The summed E-state index contributed by atoms with van der Waals surface area (Å²) in [5, 5.41) is 3.38. The van der Waals surface area contributed by atoms with E-state index in [1.165, 1.54) is 0 Å². The van der Waals surface area contributed by atoms with Crippen molar-refractivity contribution in [3.8, 4) is 0 Å². The number of benzene rings is 1. The Bertz CT molecular complexity index is 681. The number of nitrogens with zero attached hydrogens (tertiary/aromatic N) is 3. The van der Waals surface area contributed by atoms with Crippen molar-refractivity contribution >= 4 is 36.4 Å². The van der Waals surface area contributed by atoms with E-state index in [4.69, 9.17) is 0 Å². The molecule has 1 aromatic heterocycles. The number of rotatable bonds is 8. The molecule has 3 rings (SSSR count). The van der Waals surface area contributed by atoms with Gasteiger partial charge < -0.3 is 15.1 Å². The van der Waals surface area contributed by atoms with Gasteiger partial charge in [-0.1, -0.05) is 31.2 Å². The van der Waals surface area contributed by atoms with Crippen molar-refractivity contribution in [2.24, 2.45) is 0 Å². The van der Waals surface area contributed by atoms with Crippen LogP contribution >= 0.6 is 24.8 Å². The number of amides is 1. The molecule has 1 aliphatic rings. The number of para-hydroxylation sites is 1. The van der Waals surface area contributed by atoms with E-state index in [-0.39, 0.29) is 30.7 Å². The molecule has 1 unspecified atom stereocenters. The zero-order chi connectivity index (χ0) is 18.2. The van der Waals surface area contributed by atoms with Crippen molar-refractivity contribution in [1.82, 2.24) is 15.2 Å². The largest absolute Gasteiger partial charge is 0.358 e. The van der Waals surface area contributed by atoms with Crippen molar-refractivity contribution in [3.05, 3.63) is 60.4 Å². The smallest absolute Gasteiger partial charge is 0.242 e. The van der Waals surface area contributed by atoms with Crippen molar-refractivity contribution < 1.29 is 4.79 Å². The Labute approximate surface area is 180 Å². The molecule has 154 valence electrons. The molecule has 2 heterocycles. The first kappa shape index (κ1) is 24.2. The number of hydrogen-bond donors (Lipinski definition) is 1. The monoisotopic (exact) mass is 424 g/mol. The average molecular weight is 425 g/mol. The fourth-order valence-corrected chi connectivity index (χ4v) is 3.50. The Balaban J connectivity index is 0.00000196. The predicted octanol–water partition coefficient (Wildman–Crippen LogP) is 3.53. The van der Waals surface area contributed by atoms with Crippen LogP contribution in [0.5, 0.6) is 0 Å². The number of carbonyl (C=O) groups excluding carboxylic acids is 1. The molecule has 0 aliphatic carbocycles. The van der Waals surface area contributed by atoms with E-state index in [2.05, 4.69) is 45.2 Å². The third kappa shape index (κ3) is 6.66. The van der Waals surface area contributed by atoms with Crippen LogP contribution in [-0.4, -0.2) is 48.0 Å². The molecule has 1 N–H and O–H groups in total. The molecule has 1 aliphatic heterocycles. The molecular weight excluding hydrogens is 395 g/mol. The SMILES string of the molecule is CCCN(C(=O)CN(Cc1cccnc1)c1ccccc1)C1CCNC1.Cl.Cl. The minimum absolute atomic E-state index is 0. The predicted molar refractivity (Wildman–Crippen MR) is 120 cm³/mol. The third-order valence-electron chi connectivity index (χ3n) is 4.80. The van der Waals surface area contributed by atoms with E-state index in [0.29, 0.717) is 19.1 Å². The summed E-state index contributed by atoms with van der Waals surface area (Å²) in [6.45, 7) is 5.91. The number of hydrogen-bond acceptors (Lipinski definition) is 4. The molecule has 7 heteroatoms. The molecule has 0 radical (unpaired) electrons. The molecule has 1 amide bonds. The second kappa shape index (κ2) is 12.6. The lowest BCUT2D eigenvalue weighted by Crippen LogP contribution is -2.47. The molecule has 28 heavy (non-hydrogen) atoms. The number of pyridine rings is 1. The Hall–Kier alpha value is -1.82. The maximum atomic E-state index is 13.1. The second-order valence-corrected chi connectivity index (χ2v) is 6.79. The summed E-state index contributed by atoms with van der Waals surface area (Å²) >= 11 is 0. The molecule has 1 aromatic carbocycles. The van der Waals surface area contributed by atoms with Crippen LogP contribution in [0.1, 0.15) is 25.3 Å². The van der Waals surface area contributed by atoms with Crippen LogP contribution < -0.4 is 10.2 Å². The van der Waals surface area contributed by atoms with Crippen LogP contribution in [-0.2, 0) is 11.3 Å². The van der Waals surface area contributed by atoms with E-state index >= 15 is 0 Å². The number of halogens is 2. The summed E-state index contributed by atoms with van der Waals surface area (Å²) in [4.78, 5) is 21.6. The fourth-order valence-electron chi connectivity index (χ4n) is 3.50. The molecular formula is C21H30Cl2N4O. The van der Waals surface area contributed by atoms with Gasteiger partial charge in [0, 0.05) is 43.8 Å². The topological polar surface area (TPSA) is 48.5 Å². The van der Waals surface area contributed by atoms with Gasteiger partial charge in [-0.05, 0) is 43.1 Å². The molecule has 5 nitrogen and oxygen atoms in total. The lowest BCUT2D eigenvalue weighted by atomic mass is 10.2. The first-order valence-corrected chi connectivity index (χ1v) is 9.47. The van der Waals surface area contributed by atoms with Gasteiger partial charge in [0.2, 0.25) is 5.91 Å². The quantitative estimate of drug-likeness (QED) is 0.703. The summed E-state index contributed by atoms with van der Waals surface area (Å²) in [7, 11) is 0. The fraction of sp³-hybridized carbons (Fsp3) is 0.429. The maximum absolute atomic E-state index is 13.1. The van der Waals surface area contributed by atoms with Gasteiger partial charge in [0.05, 0.1) is 6.54 Å². The van der Waals surface area contributed by atoms with Crippen LogP contribution in [0, 0.1) is 0 Å². The van der Waals surface area contributed by atoms with Crippen LogP contribution in [0.25, 0.3) is 0 Å². The Morgan fingerprint density at radius 2 is 1.96 bits per heavy atom. The van der Waals surface area contributed by atoms with Gasteiger partial charge in [-0.2, -0.15) is 0 Å². The summed E-state index contributed by atoms with van der Waals surface area (Å²) in [5.41, 5.74) is 2.17. The maximum Gasteiger partial charge on any atom is 0.242 e. The van der Waals surface area contributed by atoms with Crippen LogP contribution in [0.15, 0.2) is 54.9 Å². The number of anilines is 1. The summed E-state index contributed by atoms with van der Waals surface area (Å²) < 4.78 is 0. The van der Waals surface area contributed by atoms with E-state index in [1.54, 1.807) is 6.20 Å². The molecule has 1 fully saturated rings. The highest BCUT2D eigenvalue weighted by Gasteiger charge is 2.27. The Morgan fingerprint density at radius 3 is 2.57 bits per heavy atom. The lowest BCUT2D eigenvalue weighted by Gasteiger charge is -2.32. The molecule has 1 atom stereocenters. The van der Waals surface area contributed by atoms with Crippen LogP contribution in [0.3, 0.4) is 0 Å². The first-order chi connectivity index (χ1) is 12.8. The second-order valence-electron chi connectivity index (χ2n) is 6.79. The third-order valence-corrected chi connectivity index (χ3v) is 4.80. The highest BCUT2D eigenvalue weighted by Crippen LogP contribution is 2.18. The Kier molecular flexibility index (Phi) is 10.9. The summed E-state index contributed by atoms with van der Waals surface area (Å²) in [6.07, 6.45) is 5.67. The standard InChI is InChI=1S/C21H28N4O.2ClH/c1-2-13-25(20-10-12-23-15-20)21(26)17-24(19-8-4-3-5-9-19)16-18-7-6-11-22-14-18;;/h3-9,11,14,20,23H,2,10,12-13,15-17H2,1H3;2*1H. The Morgan fingerprint density at radius 1 is 1.18 bits per heavy atom. The zero-order valence-corrected chi connectivity index (χ0v) is 17.9. The number of nitrogens with one attached hydrogen (secondary N) is 1. The molecule has 0 spiro atoms. The molecule has 2 aromatic rings. The van der Waals surface area contributed by atoms with Gasteiger partial charge in [0.15, 0.2) is 0 Å². The zero-order valence-electron chi connectivity index (χ0n) is 16.3. The van der Waals surface area contributed by atoms with Gasteiger partial charge in [-0.3, -0.25) is 9.78 Å². The summed E-state index contributed by atoms with van der Waals surface area (Å²) in [5.74, 6) is 0.202. The van der Waals surface area contributed by atoms with E-state index in [1.807, 2.05) is 30.5 Å².